The molecule has 2 unspecified atom stereocenters. The standard InChI is InChI=1S/C15H17NOS/c16-10-12-3-1-11(2-4-12)7-15(17)8-13-5-6-14(9-15)18-13/h1-4,13-14,17H,5-9H2. The predicted octanol–water partition coefficient (Wildman–Crippen LogP) is 2.89. The Bertz CT molecular complexity index is 464. The van der Waals surface area contributed by atoms with Crippen LogP contribution in [0, 0.1) is 11.3 Å². The minimum Gasteiger partial charge on any atom is -0.389 e. The molecule has 2 aliphatic rings. The SMILES string of the molecule is N#Cc1ccc(CC2(O)CC3CCC(C2)S3)cc1. The van der Waals surface area contributed by atoms with Crippen molar-refractivity contribution in [2.45, 2.75) is 48.2 Å². The molecule has 2 nitrogen and oxygen atoms in total. The Morgan fingerprint density at radius 1 is 1.22 bits per heavy atom. The number of fused-ring (bicyclic) bond motifs is 2. The first kappa shape index (κ1) is 12.1. The van der Waals surface area contributed by atoms with Gasteiger partial charge in [-0.3, -0.25) is 0 Å². The molecule has 3 heteroatoms. The van der Waals surface area contributed by atoms with Gasteiger partial charge in [0.1, 0.15) is 0 Å². The molecule has 1 aromatic carbocycles. The zero-order valence-corrected chi connectivity index (χ0v) is 11.1. The number of hydrogen-bond donors (Lipinski definition) is 1. The van der Waals surface area contributed by atoms with Crippen LogP contribution in [0.5, 0.6) is 0 Å². The van der Waals surface area contributed by atoms with E-state index in [0.717, 1.165) is 24.8 Å². The minimum atomic E-state index is -0.523. The molecule has 0 amide bonds. The third kappa shape index (κ3) is 2.41. The summed E-state index contributed by atoms with van der Waals surface area (Å²) in [6.45, 7) is 0. The highest BCUT2D eigenvalue weighted by atomic mass is 32.2. The summed E-state index contributed by atoms with van der Waals surface area (Å²) in [5.41, 5.74) is 1.30. The summed E-state index contributed by atoms with van der Waals surface area (Å²) in [5.74, 6) is 0. The molecule has 0 saturated carbocycles. The molecule has 18 heavy (non-hydrogen) atoms. The van der Waals surface area contributed by atoms with Gasteiger partial charge in [-0.1, -0.05) is 12.1 Å². The van der Waals surface area contributed by atoms with Crippen LogP contribution in [0.3, 0.4) is 0 Å². The van der Waals surface area contributed by atoms with Crippen LogP contribution in [0.15, 0.2) is 24.3 Å². The van der Waals surface area contributed by atoms with Crippen molar-refractivity contribution in [1.29, 1.82) is 5.26 Å². The van der Waals surface area contributed by atoms with E-state index in [2.05, 4.69) is 17.8 Å². The average Bonchev–Trinajstić information content (AvgIpc) is 2.70. The Morgan fingerprint density at radius 2 is 1.83 bits per heavy atom. The van der Waals surface area contributed by atoms with Crippen LogP contribution in [-0.4, -0.2) is 21.2 Å². The summed E-state index contributed by atoms with van der Waals surface area (Å²) in [6, 6.07) is 9.75. The van der Waals surface area contributed by atoms with Crippen LogP contribution in [0.4, 0.5) is 0 Å². The third-order valence-corrected chi connectivity index (χ3v) is 5.60. The van der Waals surface area contributed by atoms with Crippen LogP contribution in [0.25, 0.3) is 0 Å². The summed E-state index contributed by atoms with van der Waals surface area (Å²) in [6.07, 6.45) is 5.12. The molecule has 2 saturated heterocycles. The Morgan fingerprint density at radius 3 is 2.39 bits per heavy atom. The van der Waals surface area contributed by atoms with Gasteiger partial charge in [-0.15, -0.1) is 0 Å². The van der Waals surface area contributed by atoms with Gasteiger partial charge in [0.2, 0.25) is 0 Å². The lowest BCUT2D eigenvalue weighted by Crippen LogP contribution is -2.39. The number of benzene rings is 1. The van der Waals surface area contributed by atoms with E-state index in [9.17, 15) is 5.11 Å². The molecular weight excluding hydrogens is 242 g/mol. The maximum Gasteiger partial charge on any atom is 0.0991 e. The molecule has 0 aromatic heterocycles. The van der Waals surface area contributed by atoms with Crippen molar-refractivity contribution >= 4 is 11.8 Å². The van der Waals surface area contributed by atoms with Crippen LogP contribution in [-0.2, 0) is 6.42 Å². The normalized spacial score (nSPS) is 34.2. The first-order valence-electron chi connectivity index (χ1n) is 6.54. The van der Waals surface area contributed by atoms with Crippen LogP contribution in [0.2, 0.25) is 0 Å². The fraction of sp³-hybridized carbons (Fsp3) is 0.533. The average molecular weight is 259 g/mol. The fourth-order valence-electron chi connectivity index (χ4n) is 3.23. The van der Waals surface area contributed by atoms with Gasteiger partial charge in [0.05, 0.1) is 17.2 Å². The van der Waals surface area contributed by atoms with Crippen LogP contribution >= 0.6 is 11.8 Å². The van der Waals surface area contributed by atoms with Crippen LogP contribution < -0.4 is 0 Å². The highest BCUT2D eigenvalue weighted by Gasteiger charge is 2.43. The van der Waals surface area contributed by atoms with Crippen molar-refractivity contribution in [3.8, 4) is 6.07 Å². The first-order chi connectivity index (χ1) is 8.67. The van der Waals surface area contributed by atoms with Crippen molar-refractivity contribution in [2.75, 3.05) is 0 Å². The molecule has 2 atom stereocenters. The number of nitrogens with zero attached hydrogens (tertiary/aromatic N) is 1. The zero-order valence-electron chi connectivity index (χ0n) is 10.3. The molecule has 3 rings (SSSR count). The summed E-state index contributed by atoms with van der Waals surface area (Å²) < 4.78 is 0. The Balaban J connectivity index is 1.73. The molecular formula is C15H17NOS. The Labute approximate surface area is 112 Å². The highest BCUT2D eigenvalue weighted by Crippen LogP contribution is 2.48. The van der Waals surface area contributed by atoms with Gasteiger partial charge in [-0.05, 0) is 43.4 Å². The van der Waals surface area contributed by atoms with Gasteiger partial charge in [-0.2, -0.15) is 17.0 Å². The largest absolute Gasteiger partial charge is 0.389 e. The maximum atomic E-state index is 10.8. The molecule has 0 aliphatic carbocycles. The van der Waals surface area contributed by atoms with Crippen molar-refractivity contribution in [1.82, 2.24) is 0 Å². The van der Waals surface area contributed by atoms with Gasteiger partial charge < -0.3 is 5.11 Å². The lowest BCUT2D eigenvalue weighted by Gasteiger charge is -2.36. The Kier molecular flexibility index (Phi) is 3.09. The minimum absolute atomic E-state index is 0.523. The summed E-state index contributed by atoms with van der Waals surface area (Å²) in [7, 11) is 0. The van der Waals surface area contributed by atoms with E-state index in [1.165, 1.54) is 12.8 Å². The van der Waals surface area contributed by atoms with Gasteiger partial charge in [0, 0.05) is 16.9 Å². The second-order valence-electron chi connectivity index (χ2n) is 5.58. The monoisotopic (exact) mass is 259 g/mol. The topological polar surface area (TPSA) is 44.0 Å². The Hall–Kier alpha value is -0.980. The maximum absolute atomic E-state index is 10.8. The van der Waals surface area contributed by atoms with E-state index in [1.807, 2.05) is 24.3 Å². The lowest BCUT2D eigenvalue weighted by atomic mass is 9.86. The molecule has 1 aromatic rings. The zero-order chi connectivity index (χ0) is 12.6. The van der Waals surface area contributed by atoms with Gasteiger partial charge >= 0.3 is 0 Å². The van der Waals surface area contributed by atoms with E-state index in [-0.39, 0.29) is 0 Å². The van der Waals surface area contributed by atoms with Crippen molar-refractivity contribution in [2.24, 2.45) is 0 Å². The van der Waals surface area contributed by atoms with E-state index in [1.54, 1.807) is 0 Å². The van der Waals surface area contributed by atoms with Crippen molar-refractivity contribution in [3.63, 3.8) is 0 Å². The van der Waals surface area contributed by atoms with E-state index in [4.69, 9.17) is 5.26 Å². The van der Waals surface area contributed by atoms with Crippen LogP contribution in [0.1, 0.15) is 36.8 Å². The third-order valence-electron chi connectivity index (χ3n) is 4.03. The number of aliphatic hydroxyl groups is 1. The predicted molar refractivity (Wildman–Crippen MR) is 73.4 cm³/mol. The van der Waals surface area contributed by atoms with Gasteiger partial charge in [-0.25, -0.2) is 0 Å². The van der Waals surface area contributed by atoms with Gasteiger partial charge in [0.15, 0.2) is 0 Å². The quantitative estimate of drug-likeness (QED) is 0.888. The molecule has 1 N–H and O–H groups in total. The number of nitriles is 1. The summed E-state index contributed by atoms with van der Waals surface area (Å²) >= 11 is 2.07. The second-order valence-corrected chi connectivity index (χ2v) is 7.18. The number of rotatable bonds is 2. The molecule has 2 aliphatic heterocycles. The van der Waals surface area contributed by atoms with E-state index in [0.29, 0.717) is 16.1 Å². The molecule has 0 spiro atoms. The molecule has 0 radical (unpaired) electrons. The lowest BCUT2D eigenvalue weighted by molar-refractivity contribution is 0.0242. The second kappa shape index (κ2) is 4.60. The highest BCUT2D eigenvalue weighted by molar-refractivity contribution is 8.00. The first-order valence-corrected chi connectivity index (χ1v) is 7.48. The van der Waals surface area contributed by atoms with E-state index < -0.39 is 5.60 Å². The van der Waals surface area contributed by atoms with Crippen molar-refractivity contribution < 1.29 is 5.11 Å². The number of hydrogen-bond acceptors (Lipinski definition) is 3. The molecule has 2 heterocycles. The van der Waals surface area contributed by atoms with Crippen molar-refractivity contribution in [3.05, 3.63) is 35.4 Å². The molecule has 2 fully saturated rings. The molecule has 94 valence electrons. The molecule has 2 bridgehead atoms. The smallest absolute Gasteiger partial charge is 0.0991 e. The number of thioether (sulfide) groups is 1. The van der Waals surface area contributed by atoms with E-state index >= 15 is 0 Å². The summed E-state index contributed by atoms with van der Waals surface area (Å²) in [4.78, 5) is 0. The fourth-order valence-corrected chi connectivity index (χ4v) is 5.13. The van der Waals surface area contributed by atoms with Gasteiger partial charge in [0.25, 0.3) is 0 Å². The summed E-state index contributed by atoms with van der Waals surface area (Å²) in [5, 5.41) is 20.8.